The second-order valence-corrected chi connectivity index (χ2v) is 4.72. The summed E-state index contributed by atoms with van der Waals surface area (Å²) < 4.78 is 20.1. The van der Waals surface area contributed by atoms with E-state index in [0.717, 1.165) is 17.8 Å². The number of thiazole rings is 1. The van der Waals surface area contributed by atoms with Crippen LogP contribution in [0.5, 0.6) is 5.19 Å². The highest BCUT2D eigenvalue weighted by Crippen LogP contribution is 2.29. The van der Waals surface area contributed by atoms with Crippen molar-refractivity contribution in [3.8, 4) is 5.19 Å². The maximum atomic E-state index is 11.3. The smallest absolute Gasteiger partial charge is 0.351 e. The van der Waals surface area contributed by atoms with E-state index in [1.807, 2.05) is 0 Å². The van der Waals surface area contributed by atoms with Gasteiger partial charge in [0.2, 0.25) is 0 Å². The zero-order valence-electron chi connectivity index (χ0n) is 10.8. The van der Waals surface area contributed by atoms with Crippen LogP contribution in [0, 0.1) is 0 Å². The normalized spacial score (nSPS) is 10.5. The highest BCUT2D eigenvalue weighted by atomic mass is 35.5. The number of nitrogens with zero attached hydrogens (tertiary/aromatic N) is 1. The summed E-state index contributed by atoms with van der Waals surface area (Å²) in [6.07, 6.45) is 0.839. The van der Waals surface area contributed by atoms with E-state index < -0.39 is 5.97 Å². The molecule has 0 saturated heterocycles. The minimum atomic E-state index is -0.520. The van der Waals surface area contributed by atoms with Crippen LogP contribution in [0.2, 0.25) is 5.15 Å². The number of carbonyl (C=O) groups is 1. The molecule has 0 unspecified atom stereocenters. The van der Waals surface area contributed by atoms with Gasteiger partial charge in [-0.1, -0.05) is 22.9 Å². The Morgan fingerprint density at radius 1 is 1.26 bits per heavy atom. The molecule has 0 aliphatic rings. The Morgan fingerprint density at radius 2 is 2.05 bits per heavy atom. The van der Waals surface area contributed by atoms with Crippen molar-refractivity contribution in [3.05, 3.63) is 10.0 Å². The summed E-state index contributed by atoms with van der Waals surface area (Å²) in [7, 11) is 2.93. The molecule has 0 aliphatic heterocycles. The molecule has 1 rings (SSSR count). The van der Waals surface area contributed by atoms with Crippen LogP contribution in [0.4, 0.5) is 0 Å². The van der Waals surface area contributed by atoms with Crippen molar-refractivity contribution in [1.82, 2.24) is 4.98 Å². The van der Waals surface area contributed by atoms with Crippen molar-refractivity contribution in [3.63, 3.8) is 0 Å². The van der Waals surface area contributed by atoms with Gasteiger partial charge in [-0.25, -0.2) is 4.79 Å². The van der Waals surface area contributed by atoms with Gasteiger partial charge in [-0.3, -0.25) is 0 Å². The summed E-state index contributed by atoms with van der Waals surface area (Å²) in [4.78, 5) is 15.4. The maximum absolute atomic E-state index is 11.3. The van der Waals surface area contributed by atoms with E-state index >= 15 is 0 Å². The van der Waals surface area contributed by atoms with Crippen molar-refractivity contribution in [2.24, 2.45) is 0 Å². The SMILES string of the molecule is COCCCOCCOc1nc(Cl)c(C(=O)OC)s1. The van der Waals surface area contributed by atoms with Crippen LogP contribution in [0.15, 0.2) is 0 Å². The van der Waals surface area contributed by atoms with Gasteiger partial charge in [-0.15, -0.1) is 0 Å². The molecule has 0 N–H and O–H groups in total. The number of hydrogen-bond donors (Lipinski definition) is 0. The molecule has 0 bridgehead atoms. The topological polar surface area (TPSA) is 66.9 Å². The van der Waals surface area contributed by atoms with Gasteiger partial charge in [0.05, 0.1) is 13.7 Å². The first-order chi connectivity index (χ1) is 9.19. The van der Waals surface area contributed by atoms with Crippen molar-refractivity contribution in [2.75, 3.05) is 40.6 Å². The molecule has 0 saturated carbocycles. The van der Waals surface area contributed by atoms with E-state index in [1.54, 1.807) is 7.11 Å². The zero-order chi connectivity index (χ0) is 14.1. The molecular formula is C11H16ClNO5S. The molecular weight excluding hydrogens is 294 g/mol. The number of carbonyl (C=O) groups excluding carboxylic acids is 1. The maximum Gasteiger partial charge on any atom is 0.351 e. The van der Waals surface area contributed by atoms with Gasteiger partial charge in [0.25, 0.3) is 5.19 Å². The Hall–Kier alpha value is -0.890. The third-order valence-corrected chi connectivity index (χ3v) is 3.36. The third kappa shape index (κ3) is 5.73. The van der Waals surface area contributed by atoms with E-state index in [-0.39, 0.29) is 10.0 Å². The summed E-state index contributed by atoms with van der Waals surface area (Å²) in [6.45, 7) is 2.07. The van der Waals surface area contributed by atoms with Gasteiger partial charge < -0.3 is 18.9 Å². The van der Waals surface area contributed by atoms with Crippen molar-refractivity contribution < 1.29 is 23.7 Å². The zero-order valence-corrected chi connectivity index (χ0v) is 12.4. The van der Waals surface area contributed by atoms with Crippen LogP contribution in [-0.2, 0) is 14.2 Å². The summed E-state index contributed by atoms with van der Waals surface area (Å²) in [6, 6.07) is 0. The number of rotatable bonds is 9. The third-order valence-electron chi connectivity index (χ3n) is 2.03. The van der Waals surface area contributed by atoms with Gasteiger partial charge in [-0.2, -0.15) is 4.98 Å². The fraction of sp³-hybridized carbons (Fsp3) is 0.636. The Bertz CT molecular complexity index is 398. The molecule has 0 fully saturated rings. The Balaban J connectivity index is 2.25. The molecule has 108 valence electrons. The first kappa shape index (κ1) is 16.2. The highest BCUT2D eigenvalue weighted by Gasteiger charge is 2.17. The second-order valence-electron chi connectivity index (χ2n) is 3.40. The van der Waals surface area contributed by atoms with Crippen LogP contribution in [0.3, 0.4) is 0 Å². The van der Waals surface area contributed by atoms with Gasteiger partial charge in [0.15, 0.2) is 10.0 Å². The van der Waals surface area contributed by atoms with E-state index in [0.29, 0.717) is 31.6 Å². The molecule has 0 amide bonds. The monoisotopic (exact) mass is 309 g/mol. The van der Waals surface area contributed by atoms with Crippen LogP contribution in [0.25, 0.3) is 0 Å². The van der Waals surface area contributed by atoms with Gasteiger partial charge in [0, 0.05) is 20.3 Å². The Labute approximate surface area is 120 Å². The highest BCUT2D eigenvalue weighted by molar-refractivity contribution is 7.15. The summed E-state index contributed by atoms with van der Waals surface area (Å²) in [5.74, 6) is -0.520. The Morgan fingerprint density at radius 3 is 2.74 bits per heavy atom. The molecule has 0 radical (unpaired) electrons. The molecule has 1 heterocycles. The molecule has 1 aromatic rings. The van der Waals surface area contributed by atoms with Crippen molar-refractivity contribution in [2.45, 2.75) is 6.42 Å². The van der Waals surface area contributed by atoms with E-state index in [2.05, 4.69) is 9.72 Å². The van der Waals surface area contributed by atoms with Crippen LogP contribution in [0.1, 0.15) is 16.1 Å². The van der Waals surface area contributed by atoms with Gasteiger partial charge >= 0.3 is 5.97 Å². The van der Waals surface area contributed by atoms with Crippen LogP contribution < -0.4 is 4.74 Å². The average molecular weight is 310 g/mol. The first-order valence-corrected chi connectivity index (χ1v) is 6.82. The minimum Gasteiger partial charge on any atom is -0.468 e. The van der Waals surface area contributed by atoms with Crippen LogP contribution in [-0.4, -0.2) is 51.6 Å². The fourth-order valence-corrected chi connectivity index (χ4v) is 2.23. The largest absolute Gasteiger partial charge is 0.468 e. The lowest BCUT2D eigenvalue weighted by molar-refractivity contribution is 0.0606. The molecule has 0 spiro atoms. The lowest BCUT2D eigenvalue weighted by Crippen LogP contribution is -2.08. The number of hydrogen-bond acceptors (Lipinski definition) is 7. The number of aromatic nitrogens is 1. The van der Waals surface area contributed by atoms with Gasteiger partial charge in [-0.05, 0) is 6.42 Å². The molecule has 8 heteroatoms. The summed E-state index contributed by atoms with van der Waals surface area (Å²) in [5, 5.41) is 0.416. The van der Waals surface area contributed by atoms with Crippen molar-refractivity contribution in [1.29, 1.82) is 0 Å². The quantitative estimate of drug-likeness (QED) is 0.513. The van der Waals surface area contributed by atoms with Crippen molar-refractivity contribution >= 4 is 28.9 Å². The van der Waals surface area contributed by atoms with E-state index in [1.165, 1.54) is 7.11 Å². The summed E-state index contributed by atoms with van der Waals surface area (Å²) >= 11 is 6.84. The molecule has 0 atom stereocenters. The lowest BCUT2D eigenvalue weighted by Gasteiger charge is -2.04. The standard InChI is InChI=1S/C11H16ClNO5S/c1-15-4-3-5-17-6-7-18-11-13-9(12)8(19-11)10(14)16-2/h3-7H2,1-2H3. The molecule has 0 aliphatic carbocycles. The molecule has 1 aromatic heterocycles. The number of ether oxygens (including phenoxy) is 4. The molecule has 6 nitrogen and oxygen atoms in total. The van der Waals surface area contributed by atoms with E-state index in [9.17, 15) is 4.79 Å². The molecule has 0 aromatic carbocycles. The predicted octanol–water partition coefficient (Wildman–Crippen LogP) is 2.02. The predicted molar refractivity (Wildman–Crippen MR) is 71.3 cm³/mol. The Kier molecular flexibility index (Phi) is 7.73. The van der Waals surface area contributed by atoms with E-state index in [4.69, 9.17) is 25.8 Å². The van der Waals surface area contributed by atoms with Crippen LogP contribution >= 0.6 is 22.9 Å². The first-order valence-electron chi connectivity index (χ1n) is 5.63. The summed E-state index contributed by atoms with van der Waals surface area (Å²) in [5.41, 5.74) is 0. The molecule has 19 heavy (non-hydrogen) atoms. The van der Waals surface area contributed by atoms with Gasteiger partial charge in [0.1, 0.15) is 6.61 Å². The average Bonchev–Trinajstić information content (AvgIpc) is 2.78. The second kappa shape index (κ2) is 9.08. The number of halogens is 1. The number of esters is 1. The fourth-order valence-electron chi connectivity index (χ4n) is 1.16. The lowest BCUT2D eigenvalue weighted by atomic mass is 10.5. The minimum absolute atomic E-state index is 0.0906. The number of methoxy groups -OCH3 is 2.